The molecular formula is C21H30N6O2S. The average molecular weight is 431 g/mol. The van der Waals surface area contributed by atoms with Gasteiger partial charge in [-0.15, -0.1) is 10.2 Å². The normalized spacial score (nSPS) is 15.1. The second kappa shape index (κ2) is 11.1. The second-order valence-corrected chi connectivity index (χ2v) is 8.16. The van der Waals surface area contributed by atoms with Crippen LogP contribution in [0.3, 0.4) is 0 Å². The van der Waals surface area contributed by atoms with E-state index in [1.54, 1.807) is 6.33 Å². The van der Waals surface area contributed by atoms with Gasteiger partial charge in [-0.25, -0.2) is 0 Å². The fourth-order valence-electron chi connectivity index (χ4n) is 3.59. The molecule has 0 bridgehead atoms. The van der Waals surface area contributed by atoms with Crippen LogP contribution in [0.2, 0.25) is 0 Å². The van der Waals surface area contributed by atoms with Gasteiger partial charge < -0.3 is 10.2 Å². The summed E-state index contributed by atoms with van der Waals surface area (Å²) in [6.07, 6.45) is 3.49. The van der Waals surface area contributed by atoms with E-state index >= 15 is 0 Å². The van der Waals surface area contributed by atoms with Crippen molar-refractivity contribution in [1.29, 1.82) is 0 Å². The molecule has 0 saturated carbocycles. The topological polar surface area (TPSA) is 83.4 Å². The van der Waals surface area contributed by atoms with Crippen LogP contribution in [-0.4, -0.2) is 81.4 Å². The third-order valence-corrected chi connectivity index (χ3v) is 6.08. The van der Waals surface area contributed by atoms with Crippen LogP contribution >= 0.6 is 11.8 Å². The lowest BCUT2D eigenvalue weighted by Gasteiger charge is -2.21. The number of para-hydroxylation sites is 1. The van der Waals surface area contributed by atoms with E-state index in [1.807, 2.05) is 34.6 Å². The number of hydrogen-bond donors (Lipinski definition) is 1. The van der Waals surface area contributed by atoms with Crippen LogP contribution in [-0.2, 0) is 16.0 Å². The van der Waals surface area contributed by atoms with Gasteiger partial charge in [-0.05, 0) is 31.4 Å². The highest BCUT2D eigenvalue weighted by molar-refractivity contribution is 7.99. The summed E-state index contributed by atoms with van der Waals surface area (Å²) in [7, 11) is 0. The Morgan fingerprint density at radius 2 is 1.97 bits per heavy atom. The van der Waals surface area contributed by atoms with Gasteiger partial charge in [0.2, 0.25) is 11.8 Å². The second-order valence-electron chi connectivity index (χ2n) is 7.22. The van der Waals surface area contributed by atoms with Crippen LogP contribution < -0.4 is 5.32 Å². The van der Waals surface area contributed by atoms with Gasteiger partial charge in [-0.3, -0.25) is 19.1 Å². The maximum Gasteiger partial charge on any atom is 0.234 e. The van der Waals surface area contributed by atoms with E-state index in [0.717, 1.165) is 36.8 Å². The fraction of sp³-hybridized carbons (Fsp3) is 0.524. The van der Waals surface area contributed by atoms with Crippen molar-refractivity contribution in [3.8, 4) is 5.69 Å². The van der Waals surface area contributed by atoms with Gasteiger partial charge in [0, 0.05) is 32.7 Å². The number of aryl methyl sites for hydroxylation is 1. The van der Waals surface area contributed by atoms with E-state index < -0.39 is 0 Å². The Hall–Kier alpha value is -2.39. The van der Waals surface area contributed by atoms with Gasteiger partial charge in [0.15, 0.2) is 5.16 Å². The van der Waals surface area contributed by atoms with Crippen molar-refractivity contribution in [2.75, 3.05) is 45.0 Å². The van der Waals surface area contributed by atoms with E-state index in [1.165, 1.54) is 17.3 Å². The third-order valence-electron chi connectivity index (χ3n) is 5.16. The highest BCUT2D eigenvalue weighted by Gasteiger charge is 2.21. The maximum atomic E-state index is 12.8. The molecule has 2 heterocycles. The summed E-state index contributed by atoms with van der Waals surface area (Å²) in [5.41, 5.74) is 2.26. The minimum Gasteiger partial charge on any atom is -0.355 e. The lowest BCUT2D eigenvalue weighted by atomic mass is 10.1. The number of carbonyl (C=O) groups excluding carboxylic acids is 2. The molecule has 162 valence electrons. The molecule has 2 aromatic rings. The molecule has 0 atom stereocenters. The largest absolute Gasteiger partial charge is 0.355 e. The molecule has 1 aliphatic heterocycles. The molecule has 1 aliphatic rings. The summed E-state index contributed by atoms with van der Waals surface area (Å²) in [5, 5.41) is 11.8. The third kappa shape index (κ3) is 5.82. The molecule has 0 radical (unpaired) electrons. The van der Waals surface area contributed by atoms with Gasteiger partial charge in [0.25, 0.3) is 0 Å². The van der Waals surface area contributed by atoms with Gasteiger partial charge in [-0.1, -0.05) is 36.9 Å². The zero-order valence-electron chi connectivity index (χ0n) is 17.7. The number of benzene rings is 1. The predicted octanol–water partition coefficient (Wildman–Crippen LogP) is 1.59. The van der Waals surface area contributed by atoms with Crippen molar-refractivity contribution in [3.63, 3.8) is 0 Å². The van der Waals surface area contributed by atoms with Crippen LogP contribution in [0.4, 0.5) is 0 Å². The number of thioether (sulfide) groups is 1. The van der Waals surface area contributed by atoms with E-state index in [2.05, 4.69) is 33.4 Å². The molecule has 3 rings (SSSR count). The lowest BCUT2D eigenvalue weighted by molar-refractivity contribution is -0.128. The maximum absolute atomic E-state index is 12.8. The summed E-state index contributed by atoms with van der Waals surface area (Å²) in [6.45, 7) is 7.98. The van der Waals surface area contributed by atoms with Gasteiger partial charge in [-0.2, -0.15) is 0 Å². The predicted molar refractivity (Wildman–Crippen MR) is 118 cm³/mol. The first-order valence-corrected chi connectivity index (χ1v) is 11.5. The number of hydrogen-bond acceptors (Lipinski definition) is 6. The highest BCUT2D eigenvalue weighted by Crippen LogP contribution is 2.23. The van der Waals surface area contributed by atoms with Gasteiger partial charge >= 0.3 is 0 Å². The number of nitrogens with one attached hydrogen (secondary N) is 1. The molecule has 9 heteroatoms. The number of nitrogens with zero attached hydrogens (tertiary/aromatic N) is 5. The Morgan fingerprint density at radius 1 is 1.13 bits per heavy atom. The molecule has 0 unspecified atom stereocenters. The molecule has 1 aromatic heterocycles. The molecule has 1 saturated heterocycles. The van der Waals surface area contributed by atoms with Gasteiger partial charge in [0.05, 0.1) is 18.0 Å². The van der Waals surface area contributed by atoms with Crippen molar-refractivity contribution >= 4 is 23.6 Å². The molecule has 0 spiro atoms. The fourth-order valence-corrected chi connectivity index (χ4v) is 4.41. The Labute approximate surface area is 182 Å². The van der Waals surface area contributed by atoms with E-state index in [9.17, 15) is 9.59 Å². The van der Waals surface area contributed by atoms with E-state index in [-0.39, 0.29) is 11.8 Å². The summed E-state index contributed by atoms with van der Waals surface area (Å²) in [6, 6.07) is 8.17. The van der Waals surface area contributed by atoms with Crippen LogP contribution in [0.5, 0.6) is 0 Å². The minimum absolute atomic E-state index is 0.0412. The summed E-state index contributed by atoms with van der Waals surface area (Å²) >= 11 is 1.41. The highest BCUT2D eigenvalue weighted by atomic mass is 32.2. The van der Waals surface area contributed by atoms with Crippen LogP contribution in [0.1, 0.15) is 25.8 Å². The smallest absolute Gasteiger partial charge is 0.234 e. The van der Waals surface area contributed by atoms with Crippen LogP contribution in [0.25, 0.3) is 5.69 Å². The molecule has 30 heavy (non-hydrogen) atoms. The Kier molecular flexibility index (Phi) is 8.27. The molecular weight excluding hydrogens is 400 g/mol. The summed E-state index contributed by atoms with van der Waals surface area (Å²) in [4.78, 5) is 28.6. The summed E-state index contributed by atoms with van der Waals surface area (Å²) < 4.78 is 1.95. The number of likely N-dealkylation sites (N-methyl/N-ethyl adjacent to an activating group) is 1. The standard InChI is InChI=1S/C21H30N6O2S/c1-3-17-8-5-6-9-18(17)27-16-23-24-21(27)30-15-20(29)26-11-7-10-25(12-13-26)14-19(28)22-4-2/h5-6,8-9,16H,3-4,7,10-15H2,1-2H3,(H,22,28). The molecule has 0 aliphatic carbocycles. The molecule has 1 N–H and O–H groups in total. The van der Waals surface area contributed by atoms with E-state index in [4.69, 9.17) is 0 Å². The quantitative estimate of drug-likeness (QED) is 0.641. The Morgan fingerprint density at radius 3 is 2.77 bits per heavy atom. The lowest BCUT2D eigenvalue weighted by Crippen LogP contribution is -2.40. The van der Waals surface area contributed by atoms with Crippen molar-refractivity contribution in [2.45, 2.75) is 31.8 Å². The monoisotopic (exact) mass is 430 g/mol. The van der Waals surface area contributed by atoms with Crippen LogP contribution in [0, 0.1) is 0 Å². The van der Waals surface area contributed by atoms with Crippen molar-refractivity contribution in [2.24, 2.45) is 0 Å². The molecule has 1 aromatic carbocycles. The van der Waals surface area contributed by atoms with Crippen LogP contribution in [0.15, 0.2) is 35.7 Å². The minimum atomic E-state index is 0.0412. The number of aromatic nitrogens is 3. The first-order valence-electron chi connectivity index (χ1n) is 10.5. The summed E-state index contributed by atoms with van der Waals surface area (Å²) in [5.74, 6) is 0.459. The molecule has 8 nitrogen and oxygen atoms in total. The Balaban J connectivity index is 1.55. The number of amides is 2. The zero-order valence-corrected chi connectivity index (χ0v) is 18.5. The first kappa shape index (κ1) is 22.3. The average Bonchev–Trinajstić information content (AvgIpc) is 3.10. The van der Waals surface area contributed by atoms with Crippen molar-refractivity contribution < 1.29 is 9.59 Å². The van der Waals surface area contributed by atoms with E-state index in [0.29, 0.717) is 31.9 Å². The zero-order chi connectivity index (χ0) is 21.3. The SMILES string of the molecule is CCNC(=O)CN1CCCN(C(=O)CSc2nncn2-c2ccccc2CC)CC1. The number of carbonyl (C=O) groups is 2. The van der Waals surface area contributed by atoms with Gasteiger partial charge in [0.1, 0.15) is 6.33 Å². The molecule has 2 amide bonds. The Bertz CT molecular complexity index is 856. The van der Waals surface area contributed by atoms with Crippen molar-refractivity contribution in [1.82, 2.24) is 29.9 Å². The molecule has 1 fully saturated rings. The first-order chi connectivity index (χ1) is 14.6. The number of rotatable bonds is 8. The van der Waals surface area contributed by atoms with Crippen molar-refractivity contribution in [3.05, 3.63) is 36.2 Å².